The van der Waals surface area contributed by atoms with Gasteiger partial charge < -0.3 is 24.3 Å². The Morgan fingerprint density at radius 1 is 1.18 bits per heavy atom. The van der Waals surface area contributed by atoms with E-state index in [-0.39, 0.29) is 11.5 Å². The van der Waals surface area contributed by atoms with Crippen LogP contribution in [0, 0.1) is 19.3 Å². The molecular formula is C27H33BN2O4. The molecule has 0 bridgehead atoms. The van der Waals surface area contributed by atoms with Gasteiger partial charge in [-0.1, -0.05) is 32.0 Å². The lowest BCUT2D eigenvalue weighted by Gasteiger charge is -2.37. The van der Waals surface area contributed by atoms with Crippen LogP contribution in [0.15, 0.2) is 39.5 Å². The number of hydrogen-bond acceptors (Lipinski definition) is 6. The number of anilines is 2. The van der Waals surface area contributed by atoms with E-state index in [0.29, 0.717) is 34.4 Å². The smallest absolute Gasteiger partial charge is 0.440 e. The van der Waals surface area contributed by atoms with Crippen molar-refractivity contribution in [2.45, 2.75) is 60.1 Å². The maximum absolute atomic E-state index is 13.4. The van der Waals surface area contributed by atoms with Gasteiger partial charge in [0.25, 0.3) is 0 Å². The van der Waals surface area contributed by atoms with Crippen LogP contribution in [-0.4, -0.2) is 25.2 Å². The van der Waals surface area contributed by atoms with E-state index in [9.17, 15) is 9.82 Å². The van der Waals surface area contributed by atoms with Crippen LogP contribution in [0.4, 0.5) is 11.6 Å². The Balaban J connectivity index is 1.57. The third kappa shape index (κ3) is 4.01. The number of benzene rings is 2. The average Bonchev–Trinajstić information content (AvgIpc) is 3.18. The Morgan fingerprint density at radius 3 is 2.65 bits per heavy atom. The molecule has 6 nitrogen and oxygen atoms in total. The summed E-state index contributed by atoms with van der Waals surface area (Å²) in [6.07, 6.45) is 2.13. The monoisotopic (exact) mass is 460 g/mol. The number of nitrogens with one attached hydrogen (secondary N) is 1. The van der Waals surface area contributed by atoms with Crippen molar-refractivity contribution >= 4 is 35.1 Å². The number of rotatable bonds is 4. The minimum atomic E-state index is -0.935. The van der Waals surface area contributed by atoms with Crippen LogP contribution in [0.1, 0.15) is 61.9 Å². The summed E-state index contributed by atoms with van der Waals surface area (Å²) >= 11 is 0. The van der Waals surface area contributed by atoms with Gasteiger partial charge in [0.15, 0.2) is 5.43 Å². The van der Waals surface area contributed by atoms with Crippen LogP contribution in [0.2, 0.25) is 0 Å². The number of nitrogens with zero attached hydrogens (tertiary/aromatic N) is 1. The van der Waals surface area contributed by atoms with Crippen LogP contribution < -0.4 is 21.1 Å². The highest BCUT2D eigenvalue weighted by Gasteiger charge is 2.31. The van der Waals surface area contributed by atoms with Gasteiger partial charge in [0.05, 0.1) is 23.6 Å². The van der Waals surface area contributed by atoms with Crippen molar-refractivity contribution in [3.8, 4) is 0 Å². The molecule has 0 amide bonds. The molecule has 2 aliphatic heterocycles. The standard InChI is InChI=1S/C27H33BN2O4/c1-16-13-20(18(3)29-22-8-6-7-19-15-33-28(32)23(19)22)25-21(14-16)24(31)17(2)26(34-25)30-11-9-27(4,5)10-12-30/h6-8,13-14,18,29,32H,9-12,15H2,1-5H3/t18-/m0/s1. The Bertz CT molecular complexity index is 1310. The second-order valence-electron chi connectivity index (χ2n) is 10.7. The van der Waals surface area contributed by atoms with Crippen LogP contribution in [0.5, 0.6) is 0 Å². The van der Waals surface area contributed by atoms with E-state index in [1.807, 2.05) is 38.1 Å². The Hall–Kier alpha value is -2.77. The molecule has 1 fully saturated rings. The van der Waals surface area contributed by atoms with Gasteiger partial charge in [-0.25, -0.2) is 0 Å². The van der Waals surface area contributed by atoms with Crippen LogP contribution in [0.25, 0.3) is 11.0 Å². The van der Waals surface area contributed by atoms with Crippen molar-refractivity contribution < 1.29 is 14.1 Å². The van der Waals surface area contributed by atoms with Crippen molar-refractivity contribution in [1.82, 2.24) is 0 Å². The largest absolute Gasteiger partial charge is 0.493 e. The summed E-state index contributed by atoms with van der Waals surface area (Å²) in [6, 6.07) is 9.73. The minimum absolute atomic E-state index is 0.0302. The highest BCUT2D eigenvalue weighted by Crippen LogP contribution is 2.36. The van der Waals surface area contributed by atoms with Gasteiger partial charge in [-0.3, -0.25) is 4.79 Å². The molecule has 3 aromatic rings. The second-order valence-corrected chi connectivity index (χ2v) is 10.7. The van der Waals surface area contributed by atoms with Crippen LogP contribution >= 0.6 is 0 Å². The van der Waals surface area contributed by atoms with Gasteiger partial charge in [0.2, 0.25) is 5.88 Å². The maximum atomic E-state index is 13.4. The van der Waals surface area contributed by atoms with Crippen molar-refractivity contribution in [1.29, 1.82) is 0 Å². The molecule has 0 unspecified atom stereocenters. The fourth-order valence-corrected chi connectivity index (χ4v) is 5.21. The first kappa shape index (κ1) is 23.0. The fraction of sp³-hybridized carbons (Fsp3) is 0.444. The predicted molar refractivity (Wildman–Crippen MR) is 138 cm³/mol. The van der Waals surface area contributed by atoms with Gasteiger partial charge in [-0.15, -0.1) is 0 Å². The molecule has 7 heteroatoms. The van der Waals surface area contributed by atoms with E-state index < -0.39 is 7.12 Å². The second kappa shape index (κ2) is 8.47. The van der Waals surface area contributed by atoms with Gasteiger partial charge >= 0.3 is 7.12 Å². The van der Waals surface area contributed by atoms with E-state index in [1.165, 1.54) is 0 Å². The molecule has 1 aromatic heterocycles. The van der Waals surface area contributed by atoms with Crippen molar-refractivity contribution in [2.24, 2.45) is 5.41 Å². The zero-order valence-electron chi connectivity index (χ0n) is 20.7. The highest BCUT2D eigenvalue weighted by atomic mass is 16.5. The number of aryl methyl sites for hydroxylation is 1. The lowest BCUT2D eigenvalue weighted by molar-refractivity contribution is 0.274. The summed E-state index contributed by atoms with van der Waals surface area (Å²) in [5.41, 5.74) is 6.17. The summed E-state index contributed by atoms with van der Waals surface area (Å²) in [5.74, 6) is 0.690. The van der Waals surface area contributed by atoms with E-state index >= 15 is 0 Å². The van der Waals surface area contributed by atoms with Crippen LogP contribution in [0.3, 0.4) is 0 Å². The average molecular weight is 460 g/mol. The minimum Gasteiger partial charge on any atom is -0.440 e. The van der Waals surface area contributed by atoms with Crippen molar-refractivity contribution in [3.63, 3.8) is 0 Å². The van der Waals surface area contributed by atoms with Crippen molar-refractivity contribution in [3.05, 3.63) is 62.8 Å². The molecule has 3 heterocycles. The lowest BCUT2D eigenvalue weighted by atomic mass is 9.78. The molecule has 2 N–H and O–H groups in total. The molecule has 2 aromatic carbocycles. The van der Waals surface area contributed by atoms with Crippen LogP contribution in [-0.2, 0) is 11.3 Å². The zero-order chi connectivity index (χ0) is 24.2. The van der Waals surface area contributed by atoms with Gasteiger partial charge in [-0.05, 0) is 62.3 Å². The lowest BCUT2D eigenvalue weighted by Crippen LogP contribution is -2.38. The summed E-state index contributed by atoms with van der Waals surface area (Å²) in [4.78, 5) is 15.7. The van der Waals surface area contributed by atoms with Gasteiger partial charge in [0, 0.05) is 29.8 Å². The maximum Gasteiger partial charge on any atom is 0.493 e. The first-order valence-corrected chi connectivity index (χ1v) is 12.2. The SMILES string of the molecule is Cc1cc([C@H](C)Nc2cccc3c2B(O)OC3)c2oc(N3CCC(C)(C)CC3)c(C)c(=O)c2c1. The summed E-state index contributed by atoms with van der Waals surface area (Å²) in [6.45, 7) is 12.7. The van der Waals surface area contributed by atoms with Crippen molar-refractivity contribution in [2.75, 3.05) is 23.3 Å². The quantitative estimate of drug-likeness (QED) is 0.562. The van der Waals surface area contributed by atoms with Gasteiger partial charge in [-0.2, -0.15) is 0 Å². The fourth-order valence-electron chi connectivity index (χ4n) is 5.21. The Labute approximate surface area is 201 Å². The summed E-state index contributed by atoms with van der Waals surface area (Å²) < 4.78 is 12.0. The highest BCUT2D eigenvalue weighted by molar-refractivity contribution is 6.63. The molecule has 2 aliphatic rings. The van der Waals surface area contributed by atoms with E-state index in [4.69, 9.17) is 9.07 Å². The molecule has 0 saturated carbocycles. The molecule has 5 rings (SSSR count). The Kier molecular flexibility index (Phi) is 5.73. The third-order valence-corrected chi connectivity index (χ3v) is 7.45. The molecule has 34 heavy (non-hydrogen) atoms. The third-order valence-electron chi connectivity index (χ3n) is 7.45. The summed E-state index contributed by atoms with van der Waals surface area (Å²) in [7, 11) is -0.935. The predicted octanol–water partition coefficient (Wildman–Crippen LogP) is 4.43. The molecule has 0 aliphatic carbocycles. The molecule has 1 atom stereocenters. The summed E-state index contributed by atoms with van der Waals surface area (Å²) in [5, 5.41) is 14.5. The molecule has 0 spiro atoms. The van der Waals surface area contributed by atoms with Gasteiger partial charge in [0.1, 0.15) is 5.58 Å². The zero-order valence-corrected chi connectivity index (χ0v) is 20.7. The molecule has 1 saturated heterocycles. The first-order valence-electron chi connectivity index (χ1n) is 12.2. The first-order chi connectivity index (χ1) is 16.1. The molecule has 0 radical (unpaired) electrons. The number of fused-ring (bicyclic) bond motifs is 2. The van der Waals surface area contributed by atoms with E-state index in [2.05, 4.69) is 37.1 Å². The molecular weight excluding hydrogens is 427 g/mol. The van der Waals surface area contributed by atoms with E-state index in [0.717, 1.165) is 53.8 Å². The topological polar surface area (TPSA) is 74.9 Å². The number of piperidine rings is 1. The normalized spacial score (nSPS) is 18.3. The Morgan fingerprint density at radius 2 is 1.91 bits per heavy atom. The van der Waals surface area contributed by atoms with E-state index in [1.54, 1.807) is 0 Å². The number of hydrogen-bond donors (Lipinski definition) is 2. The molecule has 178 valence electrons.